The van der Waals surface area contributed by atoms with Gasteiger partial charge in [0.05, 0.1) is 0 Å². The maximum atomic E-state index is 3.48. The van der Waals surface area contributed by atoms with E-state index >= 15 is 0 Å². The normalized spacial score (nSPS) is 10.2. The van der Waals surface area contributed by atoms with E-state index in [1.807, 2.05) is 0 Å². The van der Waals surface area contributed by atoms with Crippen LogP contribution < -0.4 is 0 Å². The molecule has 50 valence electrons. The van der Waals surface area contributed by atoms with Gasteiger partial charge in [0.15, 0.2) is 0 Å². The average Bonchev–Trinajstić information content (AvgIpc) is 1.98. The number of hydrogen-bond donors (Lipinski definition) is 0. The molecule has 4 heteroatoms. The first-order valence-corrected chi connectivity index (χ1v) is 6.11. The lowest BCUT2D eigenvalue weighted by Gasteiger charge is -1.95. The van der Waals surface area contributed by atoms with Crippen LogP contribution in [0.1, 0.15) is 0 Å². The summed E-state index contributed by atoms with van der Waals surface area (Å²) in [6.45, 7) is 0. The summed E-state index contributed by atoms with van der Waals surface area (Å²) in [6.07, 6.45) is 0. The van der Waals surface area contributed by atoms with E-state index in [0.717, 1.165) is 0 Å². The molecule has 0 amide bonds. The molecule has 0 saturated carbocycles. The Morgan fingerprint density at radius 3 is 2.11 bits per heavy atom. The molecule has 9 heavy (non-hydrogen) atoms. The average molecular weight is 522 g/mol. The SMILES string of the molecule is Brc1c(I)cc(I)[c-]1I. The zero-order valence-electron chi connectivity index (χ0n) is 4.09. The molecular weight excluding hydrogens is 521 g/mol. The maximum absolute atomic E-state index is 3.48. The van der Waals surface area contributed by atoms with Crippen LogP contribution in [-0.4, -0.2) is 0 Å². The van der Waals surface area contributed by atoms with Crippen LogP contribution in [0.2, 0.25) is 0 Å². The molecule has 0 atom stereocenters. The lowest BCUT2D eigenvalue weighted by Crippen LogP contribution is -1.65. The summed E-state index contributed by atoms with van der Waals surface area (Å²) in [5, 5.41) is 0. The minimum atomic E-state index is 1.23. The molecule has 0 saturated heterocycles. The Bertz CT molecular complexity index is 206. The highest BCUT2D eigenvalue weighted by atomic mass is 127. The van der Waals surface area contributed by atoms with Crippen molar-refractivity contribution in [2.75, 3.05) is 0 Å². The monoisotopic (exact) mass is 521 g/mol. The summed E-state index contributed by atoms with van der Waals surface area (Å²) in [5.74, 6) is 0. The lowest BCUT2D eigenvalue weighted by molar-refractivity contribution is 1.71. The largest absolute Gasteiger partial charge is 0.186 e. The first-order chi connectivity index (χ1) is 4.13. The second-order valence-corrected chi connectivity index (χ2v) is 5.66. The van der Waals surface area contributed by atoms with Crippen molar-refractivity contribution in [1.82, 2.24) is 0 Å². The third-order valence-electron chi connectivity index (χ3n) is 0.866. The molecule has 0 N–H and O–H groups in total. The van der Waals surface area contributed by atoms with Crippen molar-refractivity contribution in [3.63, 3.8) is 0 Å². The molecule has 0 bridgehead atoms. The van der Waals surface area contributed by atoms with Crippen molar-refractivity contribution < 1.29 is 0 Å². The summed E-state index contributed by atoms with van der Waals surface area (Å²) < 4.78 is 5.16. The number of hydrogen-bond acceptors (Lipinski definition) is 0. The van der Waals surface area contributed by atoms with Gasteiger partial charge in [-0.25, -0.2) is 0 Å². The molecule has 0 aliphatic carbocycles. The van der Waals surface area contributed by atoms with Crippen molar-refractivity contribution >= 4 is 83.7 Å². The quantitative estimate of drug-likeness (QED) is 0.358. The predicted molar refractivity (Wildman–Crippen MR) is 67.9 cm³/mol. The van der Waals surface area contributed by atoms with E-state index < -0.39 is 0 Å². The van der Waals surface area contributed by atoms with Crippen LogP contribution in [0, 0.1) is 10.7 Å². The fraction of sp³-hybridized carbons (Fsp3) is 0. The summed E-state index contributed by atoms with van der Waals surface area (Å²) in [7, 11) is 0. The molecule has 0 aromatic heterocycles. The van der Waals surface area contributed by atoms with Crippen molar-refractivity contribution in [3.8, 4) is 0 Å². The lowest BCUT2D eigenvalue weighted by atomic mass is 10.7. The Morgan fingerprint density at radius 2 is 2.00 bits per heavy atom. The van der Waals surface area contributed by atoms with Crippen LogP contribution in [0.4, 0.5) is 0 Å². The molecule has 0 aliphatic rings. The molecular formula is C5HBrI3-. The molecule has 0 spiro atoms. The van der Waals surface area contributed by atoms with Gasteiger partial charge in [-0.15, -0.1) is 48.8 Å². The van der Waals surface area contributed by atoms with Gasteiger partial charge < -0.3 is 0 Å². The molecule has 0 radical (unpaired) electrons. The molecule has 1 aromatic carbocycles. The Hall–Kier alpha value is 2.02. The van der Waals surface area contributed by atoms with Crippen LogP contribution in [0.3, 0.4) is 0 Å². The summed E-state index contributed by atoms with van der Waals surface area (Å²) in [5.41, 5.74) is 0. The van der Waals surface area contributed by atoms with Gasteiger partial charge in [-0.1, -0.05) is 50.1 Å². The minimum absolute atomic E-state index is 1.23. The van der Waals surface area contributed by atoms with E-state index in [9.17, 15) is 0 Å². The van der Waals surface area contributed by atoms with Crippen molar-refractivity contribution in [2.24, 2.45) is 0 Å². The fourth-order valence-electron chi connectivity index (χ4n) is 0.448. The van der Waals surface area contributed by atoms with E-state index in [0.29, 0.717) is 0 Å². The number of rotatable bonds is 0. The van der Waals surface area contributed by atoms with E-state index in [1.165, 1.54) is 15.2 Å². The van der Waals surface area contributed by atoms with Gasteiger partial charge in [-0.05, 0) is 0 Å². The zero-order chi connectivity index (χ0) is 7.02. The minimum Gasteiger partial charge on any atom is -0.186 e. The summed E-state index contributed by atoms with van der Waals surface area (Å²) in [4.78, 5) is 0. The van der Waals surface area contributed by atoms with E-state index in [1.54, 1.807) is 0 Å². The molecule has 0 heterocycles. The van der Waals surface area contributed by atoms with Crippen LogP contribution in [0.5, 0.6) is 0 Å². The first kappa shape index (κ1) is 9.11. The van der Waals surface area contributed by atoms with Gasteiger partial charge in [-0.3, -0.25) is 0 Å². The van der Waals surface area contributed by atoms with Crippen LogP contribution >= 0.6 is 83.7 Å². The standard InChI is InChI=1S/C5HBrI3/c6-4-2(7)1-3(8)5(4)9/h1H/q-1. The topological polar surface area (TPSA) is 0 Å². The van der Waals surface area contributed by atoms with E-state index in [2.05, 4.69) is 89.8 Å². The Labute approximate surface area is 103 Å². The second kappa shape index (κ2) is 3.61. The molecule has 0 fully saturated rings. The summed E-state index contributed by atoms with van der Waals surface area (Å²) in [6, 6.07) is 2.16. The summed E-state index contributed by atoms with van der Waals surface area (Å²) >= 11 is 10.5. The smallest absolute Gasteiger partial charge is 0.0695 e. The van der Waals surface area contributed by atoms with Crippen molar-refractivity contribution in [2.45, 2.75) is 0 Å². The van der Waals surface area contributed by atoms with Gasteiger partial charge >= 0.3 is 0 Å². The van der Waals surface area contributed by atoms with Gasteiger partial charge in [0.25, 0.3) is 0 Å². The highest BCUT2D eigenvalue weighted by Gasteiger charge is 1.95. The van der Waals surface area contributed by atoms with Crippen LogP contribution in [0.15, 0.2) is 10.5 Å². The second-order valence-electron chi connectivity index (χ2n) is 1.47. The van der Waals surface area contributed by atoms with E-state index in [4.69, 9.17) is 0 Å². The molecule has 0 nitrogen and oxygen atoms in total. The third-order valence-corrected chi connectivity index (χ3v) is 7.03. The predicted octanol–water partition coefficient (Wildman–Crippen LogP) is 3.98. The highest BCUT2D eigenvalue weighted by molar-refractivity contribution is 14.1. The molecule has 1 rings (SSSR count). The highest BCUT2D eigenvalue weighted by Crippen LogP contribution is 2.31. The molecule has 0 aliphatic heterocycles. The van der Waals surface area contributed by atoms with E-state index in [-0.39, 0.29) is 0 Å². The first-order valence-electron chi connectivity index (χ1n) is 2.08. The van der Waals surface area contributed by atoms with Gasteiger partial charge in [-0.2, -0.15) is 6.07 Å². The molecule has 0 unspecified atom stereocenters. The maximum Gasteiger partial charge on any atom is -0.0695 e. The Balaban J connectivity index is 3.29. The molecule has 1 aromatic rings. The van der Waals surface area contributed by atoms with Crippen molar-refractivity contribution in [1.29, 1.82) is 0 Å². The Morgan fingerprint density at radius 1 is 1.44 bits per heavy atom. The number of halogens is 4. The Kier molecular flexibility index (Phi) is 3.66. The van der Waals surface area contributed by atoms with Crippen LogP contribution in [0.25, 0.3) is 0 Å². The fourth-order valence-corrected chi connectivity index (χ4v) is 3.87. The van der Waals surface area contributed by atoms with Gasteiger partial charge in [0.2, 0.25) is 0 Å². The third kappa shape index (κ3) is 1.98. The van der Waals surface area contributed by atoms with Gasteiger partial charge in [0, 0.05) is 0 Å². The zero-order valence-corrected chi connectivity index (χ0v) is 12.1. The van der Waals surface area contributed by atoms with Crippen molar-refractivity contribution in [3.05, 3.63) is 21.2 Å². The van der Waals surface area contributed by atoms with Crippen LogP contribution in [-0.2, 0) is 0 Å². The van der Waals surface area contributed by atoms with Gasteiger partial charge in [0.1, 0.15) is 0 Å².